The third kappa shape index (κ3) is 3.03. The normalized spacial score (nSPS) is 23.7. The minimum Gasteiger partial charge on any atom is -0.348 e. The molecule has 0 radical (unpaired) electrons. The molecule has 1 aromatic rings. The second-order valence-corrected chi connectivity index (χ2v) is 5.36. The summed E-state index contributed by atoms with van der Waals surface area (Å²) in [7, 11) is 0. The number of nitrogens with one attached hydrogen (secondary N) is 2. The van der Waals surface area contributed by atoms with E-state index in [1.165, 1.54) is 0 Å². The molecular weight excluding hydrogens is 248 g/mol. The molecule has 0 aromatic heterocycles. The van der Waals surface area contributed by atoms with Crippen molar-refractivity contribution in [1.29, 1.82) is 0 Å². The summed E-state index contributed by atoms with van der Waals surface area (Å²) in [5, 5.41) is 7.06. The van der Waals surface area contributed by atoms with E-state index >= 15 is 0 Å². The highest BCUT2D eigenvalue weighted by Crippen LogP contribution is 2.16. The van der Waals surface area contributed by atoms with E-state index in [-0.39, 0.29) is 11.9 Å². The van der Waals surface area contributed by atoms with Gasteiger partial charge in [0.25, 0.3) is 5.91 Å². The average Bonchev–Trinajstić information content (AvgIpc) is 2.35. The first kappa shape index (κ1) is 13.4. The number of hydrogen-bond donors (Lipinski definition) is 2. The Morgan fingerprint density at radius 1 is 1.50 bits per heavy atom. The standard InChI is InChI=1S/C14H19ClN2O/c1-9-5-6-11(15)8-12(9)14(18)17-13-4-3-7-16-10(13)2/h5-6,8,10,13,16H,3-4,7H2,1-2H3,(H,17,18). The zero-order valence-corrected chi connectivity index (χ0v) is 11.6. The fourth-order valence-electron chi connectivity index (χ4n) is 2.33. The van der Waals surface area contributed by atoms with Gasteiger partial charge in [-0.2, -0.15) is 0 Å². The Bertz CT molecular complexity index is 447. The Morgan fingerprint density at radius 2 is 2.28 bits per heavy atom. The molecule has 1 heterocycles. The molecule has 2 N–H and O–H groups in total. The van der Waals surface area contributed by atoms with Crippen LogP contribution in [0, 0.1) is 6.92 Å². The molecule has 3 nitrogen and oxygen atoms in total. The molecule has 1 aromatic carbocycles. The van der Waals surface area contributed by atoms with Crippen molar-refractivity contribution < 1.29 is 4.79 Å². The Labute approximate surface area is 113 Å². The highest BCUT2D eigenvalue weighted by Gasteiger charge is 2.23. The van der Waals surface area contributed by atoms with E-state index in [1.807, 2.05) is 13.0 Å². The molecule has 18 heavy (non-hydrogen) atoms. The van der Waals surface area contributed by atoms with Crippen molar-refractivity contribution in [2.45, 2.75) is 38.8 Å². The summed E-state index contributed by atoms with van der Waals surface area (Å²) < 4.78 is 0. The Hall–Kier alpha value is -1.06. The van der Waals surface area contributed by atoms with Crippen LogP contribution in [-0.2, 0) is 0 Å². The fraction of sp³-hybridized carbons (Fsp3) is 0.500. The Balaban J connectivity index is 2.09. The van der Waals surface area contributed by atoms with E-state index < -0.39 is 0 Å². The first-order valence-corrected chi connectivity index (χ1v) is 6.76. The topological polar surface area (TPSA) is 41.1 Å². The predicted molar refractivity (Wildman–Crippen MR) is 74.1 cm³/mol. The molecule has 1 amide bonds. The first-order valence-electron chi connectivity index (χ1n) is 6.38. The molecule has 0 bridgehead atoms. The van der Waals surface area contributed by atoms with Gasteiger partial charge in [0.05, 0.1) is 0 Å². The van der Waals surface area contributed by atoms with E-state index in [4.69, 9.17) is 11.6 Å². The van der Waals surface area contributed by atoms with Crippen LogP contribution in [0.1, 0.15) is 35.7 Å². The van der Waals surface area contributed by atoms with Crippen LogP contribution in [0.15, 0.2) is 18.2 Å². The number of hydrogen-bond acceptors (Lipinski definition) is 2. The summed E-state index contributed by atoms with van der Waals surface area (Å²) >= 11 is 5.94. The van der Waals surface area contributed by atoms with E-state index in [1.54, 1.807) is 12.1 Å². The second-order valence-electron chi connectivity index (χ2n) is 4.92. The maximum Gasteiger partial charge on any atom is 0.251 e. The molecule has 0 aliphatic carbocycles. The number of rotatable bonds is 2. The smallest absolute Gasteiger partial charge is 0.251 e. The summed E-state index contributed by atoms with van der Waals surface area (Å²) in [5.41, 5.74) is 1.62. The zero-order chi connectivity index (χ0) is 13.1. The summed E-state index contributed by atoms with van der Waals surface area (Å²) in [5.74, 6) is -0.0319. The molecule has 2 atom stereocenters. The second kappa shape index (κ2) is 5.72. The number of piperidine rings is 1. The van der Waals surface area contributed by atoms with Crippen LogP contribution in [-0.4, -0.2) is 24.5 Å². The van der Waals surface area contributed by atoms with Crippen molar-refractivity contribution in [3.63, 3.8) is 0 Å². The van der Waals surface area contributed by atoms with Crippen molar-refractivity contribution >= 4 is 17.5 Å². The van der Waals surface area contributed by atoms with Crippen LogP contribution in [0.25, 0.3) is 0 Å². The monoisotopic (exact) mass is 266 g/mol. The lowest BCUT2D eigenvalue weighted by molar-refractivity contribution is 0.0919. The molecule has 2 unspecified atom stereocenters. The Kier molecular flexibility index (Phi) is 4.25. The largest absolute Gasteiger partial charge is 0.348 e. The molecule has 2 rings (SSSR count). The molecule has 0 saturated carbocycles. The van der Waals surface area contributed by atoms with Crippen molar-refractivity contribution in [3.05, 3.63) is 34.3 Å². The zero-order valence-electron chi connectivity index (χ0n) is 10.8. The van der Waals surface area contributed by atoms with Crippen molar-refractivity contribution in [2.24, 2.45) is 0 Å². The average molecular weight is 267 g/mol. The van der Waals surface area contributed by atoms with Crippen LogP contribution >= 0.6 is 11.6 Å². The highest BCUT2D eigenvalue weighted by atomic mass is 35.5. The lowest BCUT2D eigenvalue weighted by atomic mass is 9.99. The molecule has 1 fully saturated rings. The third-order valence-electron chi connectivity index (χ3n) is 3.52. The highest BCUT2D eigenvalue weighted by molar-refractivity contribution is 6.31. The molecule has 1 saturated heterocycles. The van der Waals surface area contributed by atoms with Crippen LogP contribution in [0.2, 0.25) is 5.02 Å². The molecule has 4 heteroatoms. The van der Waals surface area contributed by atoms with Crippen LogP contribution < -0.4 is 10.6 Å². The molecule has 1 aliphatic rings. The van der Waals surface area contributed by atoms with Gasteiger partial charge in [0.15, 0.2) is 0 Å². The van der Waals surface area contributed by atoms with Crippen molar-refractivity contribution in [1.82, 2.24) is 10.6 Å². The van der Waals surface area contributed by atoms with Gasteiger partial charge in [0, 0.05) is 22.7 Å². The van der Waals surface area contributed by atoms with Gasteiger partial charge in [0.1, 0.15) is 0 Å². The SMILES string of the molecule is Cc1ccc(Cl)cc1C(=O)NC1CCCNC1C. The summed E-state index contributed by atoms with van der Waals surface area (Å²) in [6, 6.07) is 5.93. The van der Waals surface area contributed by atoms with Gasteiger partial charge >= 0.3 is 0 Å². The van der Waals surface area contributed by atoms with E-state index in [9.17, 15) is 4.79 Å². The van der Waals surface area contributed by atoms with Gasteiger partial charge in [-0.3, -0.25) is 4.79 Å². The van der Waals surface area contributed by atoms with Gasteiger partial charge in [-0.05, 0) is 50.9 Å². The number of aryl methyl sites for hydroxylation is 1. The summed E-state index contributed by atoms with van der Waals surface area (Å²) in [6.07, 6.45) is 2.13. The predicted octanol–water partition coefficient (Wildman–Crippen LogP) is 2.52. The Morgan fingerprint density at radius 3 is 3.00 bits per heavy atom. The van der Waals surface area contributed by atoms with Gasteiger partial charge < -0.3 is 10.6 Å². The number of amides is 1. The van der Waals surface area contributed by atoms with Gasteiger partial charge in [-0.1, -0.05) is 17.7 Å². The van der Waals surface area contributed by atoms with Crippen LogP contribution in [0.4, 0.5) is 0 Å². The summed E-state index contributed by atoms with van der Waals surface area (Å²) in [6.45, 7) is 5.06. The van der Waals surface area contributed by atoms with Gasteiger partial charge in [-0.15, -0.1) is 0 Å². The molecule has 0 spiro atoms. The minimum atomic E-state index is -0.0319. The summed E-state index contributed by atoms with van der Waals surface area (Å²) in [4.78, 5) is 12.2. The minimum absolute atomic E-state index is 0.0319. The fourth-order valence-corrected chi connectivity index (χ4v) is 2.50. The number of benzene rings is 1. The van der Waals surface area contributed by atoms with Gasteiger partial charge in [-0.25, -0.2) is 0 Å². The van der Waals surface area contributed by atoms with Crippen molar-refractivity contribution in [2.75, 3.05) is 6.54 Å². The molecular formula is C14H19ClN2O. The van der Waals surface area contributed by atoms with Gasteiger partial charge in [0.2, 0.25) is 0 Å². The van der Waals surface area contributed by atoms with E-state index in [0.29, 0.717) is 16.6 Å². The maximum absolute atomic E-state index is 12.2. The molecule has 98 valence electrons. The number of carbonyl (C=O) groups is 1. The van der Waals surface area contributed by atoms with E-state index in [0.717, 1.165) is 24.9 Å². The third-order valence-corrected chi connectivity index (χ3v) is 3.76. The van der Waals surface area contributed by atoms with E-state index in [2.05, 4.69) is 17.6 Å². The number of carbonyl (C=O) groups excluding carboxylic acids is 1. The van der Waals surface area contributed by atoms with Crippen LogP contribution in [0.3, 0.4) is 0 Å². The van der Waals surface area contributed by atoms with Crippen molar-refractivity contribution in [3.8, 4) is 0 Å². The number of halogens is 1. The quantitative estimate of drug-likeness (QED) is 0.864. The lowest BCUT2D eigenvalue weighted by Crippen LogP contribution is -2.52. The lowest BCUT2D eigenvalue weighted by Gasteiger charge is -2.30. The first-order chi connectivity index (χ1) is 8.58. The van der Waals surface area contributed by atoms with Crippen LogP contribution in [0.5, 0.6) is 0 Å². The maximum atomic E-state index is 12.2. The molecule has 1 aliphatic heterocycles.